The summed E-state index contributed by atoms with van der Waals surface area (Å²) in [4.78, 5) is 0. The quantitative estimate of drug-likeness (QED) is 0.407. The van der Waals surface area contributed by atoms with Crippen molar-refractivity contribution in [3.63, 3.8) is 0 Å². The van der Waals surface area contributed by atoms with Crippen LogP contribution >= 0.6 is 0 Å². The molecule has 0 spiro atoms. The second-order valence-electron chi connectivity index (χ2n) is 5.55. The third kappa shape index (κ3) is 6.22. The van der Waals surface area contributed by atoms with Crippen LogP contribution in [0.5, 0.6) is 0 Å². The van der Waals surface area contributed by atoms with Gasteiger partial charge in [-0.2, -0.15) is 0 Å². The van der Waals surface area contributed by atoms with Crippen LogP contribution in [0.1, 0.15) is 61.4 Å². The van der Waals surface area contributed by atoms with Crippen LogP contribution in [-0.4, -0.2) is 4.57 Å². The molecule has 1 heteroatoms. The van der Waals surface area contributed by atoms with E-state index in [-0.39, 0.29) is 0 Å². The molecule has 3 rings (SSSR count). The first-order chi connectivity index (χ1) is 12.7. The summed E-state index contributed by atoms with van der Waals surface area (Å²) in [5, 5.41) is 2.71. The second kappa shape index (κ2) is 13.9. The predicted molar refractivity (Wildman–Crippen MR) is 122 cm³/mol. The molecule has 0 aliphatic carbocycles. The molecule has 0 saturated heterocycles. The van der Waals surface area contributed by atoms with Crippen molar-refractivity contribution >= 4 is 21.8 Å². The minimum atomic E-state index is 0.491. The zero-order valence-corrected chi connectivity index (χ0v) is 18.0. The van der Waals surface area contributed by atoms with Crippen molar-refractivity contribution in [2.24, 2.45) is 0 Å². The molecule has 0 N–H and O–H groups in total. The topological polar surface area (TPSA) is 4.93 Å². The van der Waals surface area contributed by atoms with Crippen molar-refractivity contribution in [3.05, 3.63) is 72.8 Å². The molecule has 2 aromatic carbocycles. The molecular weight excluding hydrogens is 314 g/mol. The van der Waals surface area contributed by atoms with E-state index in [9.17, 15) is 0 Å². The highest BCUT2D eigenvalue weighted by atomic mass is 15.0. The van der Waals surface area contributed by atoms with Crippen LogP contribution < -0.4 is 0 Å². The molecule has 0 aliphatic heterocycles. The van der Waals surface area contributed by atoms with Crippen LogP contribution in [0.2, 0.25) is 0 Å². The van der Waals surface area contributed by atoms with Gasteiger partial charge in [0.25, 0.3) is 0 Å². The summed E-state index contributed by atoms with van der Waals surface area (Å²) in [5.74, 6) is 0. The Morgan fingerprint density at radius 1 is 0.654 bits per heavy atom. The minimum Gasteiger partial charge on any atom is -0.338 e. The first kappa shape index (κ1) is 23.7. The van der Waals surface area contributed by atoms with E-state index in [4.69, 9.17) is 0 Å². The Labute approximate surface area is 161 Å². The Morgan fingerprint density at radius 3 is 1.31 bits per heavy atom. The fourth-order valence-electron chi connectivity index (χ4n) is 2.73. The number of hydrogen-bond donors (Lipinski definition) is 0. The zero-order valence-electron chi connectivity index (χ0n) is 18.0. The van der Waals surface area contributed by atoms with Crippen molar-refractivity contribution in [1.82, 2.24) is 4.57 Å². The SMILES string of the molecule is C/C=C\C=C/C.CC.CC.CC(C)n1c2ccccc2c2ccccc21. The maximum atomic E-state index is 2.41. The van der Waals surface area contributed by atoms with Crippen molar-refractivity contribution in [3.8, 4) is 0 Å². The lowest BCUT2D eigenvalue weighted by molar-refractivity contribution is 0.642. The number of para-hydroxylation sites is 2. The minimum absolute atomic E-state index is 0.491. The van der Waals surface area contributed by atoms with Gasteiger partial charge in [0.15, 0.2) is 0 Å². The van der Waals surface area contributed by atoms with E-state index in [1.807, 2.05) is 65.8 Å². The summed E-state index contributed by atoms with van der Waals surface area (Å²) in [6, 6.07) is 17.8. The molecule has 0 amide bonds. The summed E-state index contributed by atoms with van der Waals surface area (Å²) < 4.78 is 2.41. The third-order valence-corrected chi connectivity index (χ3v) is 3.63. The van der Waals surface area contributed by atoms with Crippen molar-refractivity contribution in [1.29, 1.82) is 0 Å². The van der Waals surface area contributed by atoms with Crippen LogP contribution in [0.3, 0.4) is 0 Å². The number of fused-ring (bicyclic) bond motifs is 3. The van der Waals surface area contributed by atoms with Crippen LogP contribution in [0.25, 0.3) is 21.8 Å². The zero-order chi connectivity index (χ0) is 19.9. The number of rotatable bonds is 2. The molecule has 1 nitrogen and oxygen atoms in total. The summed E-state index contributed by atoms with van der Waals surface area (Å²) in [5.41, 5.74) is 2.66. The van der Waals surface area contributed by atoms with Crippen LogP contribution in [-0.2, 0) is 0 Å². The highest BCUT2D eigenvalue weighted by Gasteiger charge is 2.10. The summed E-state index contributed by atoms with van der Waals surface area (Å²) >= 11 is 0. The number of nitrogens with zero attached hydrogens (tertiary/aromatic N) is 1. The molecule has 1 heterocycles. The van der Waals surface area contributed by atoms with Gasteiger partial charge in [-0.1, -0.05) is 88.4 Å². The van der Waals surface area contributed by atoms with Crippen LogP contribution in [0.4, 0.5) is 0 Å². The molecule has 0 saturated carbocycles. The Morgan fingerprint density at radius 2 is 1.00 bits per heavy atom. The van der Waals surface area contributed by atoms with E-state index in [2.05, 4.69) is 66.9 Å². The van der Waals surface area contributed by atoms with Gasteiger partial charge in [0.2, 0.25) is 0 Å². The molecule has 0 bridgehead atoms. The largest absolute Gasteiger partial charge is 0.338 e. The lowest BCUT2D eigenvalue weighted by Crippen LogP contribution is -1.99. The van der Waals surface area contributed by atoms with Gasteiger partial charge in [-0.15, -0.1) is 0 Å². The Kier molecular flexibility index (Phi) is 12.7. The second-order valence-corrected chi connectivity index (χ2v) is 5.55. The highest BCUT2D eigenvalue weighted by Crippen LogP contribution is 2.31. The Hall–Kier alpha value is -2.28. The first-order valence-corrected chi connectivity index (χ1v) is 9.92. The number of benzene rings is 2. The highest BCUT2D eigenvalue weighted by molar-refractivity contribution is 6.08. The molecule has 1 aromatic heterocycles. The third-order valence-electron chi connectivity index (χ3n) is 3.63. The molecule has 0 aliphatic rings. The average molecular weight is 352 g/mol. The maximum absolute atomic E-state index is 2.41. The summed E-state index contributed by atoms with van der Waals surface area (Å²) in [6.45, 7) is 16.5. The van der Waals surface area contributed by atoms with Gasteiger partial charge in [0.1, 0.15) is 0 Å². The molecule has 142 valence electrons. The fourth-order valence-corrected chi connectivity index (χ4v) is 2.73. The molecule has 3 aromatic rings. The number of hydrogen-bond acceptors (Lipinski definition) is 0. The van der Waals surface area contributed by atoms with E-state index in [1.54, 1.807) is 0 Å². The normalized spacial score (nSPS) is 10.3. The van der Waals surface area contributed by atoms with Gasteiger partial charge in [0, 0.05) is 27.8 Å². The molecule has 0 radical (unpaired) electrons. The molecule has 0 atom stereocenters. The molecule has 0 fully saturated rings. The summed E-state index contributed by atoms with van der Waals surface area (Å²) in [6.07, 6.45) is 8.00. The first-order valence-electron chi connectivity index (χ1n) is 9.92. The smallest absolute Gasteiger partial charge is 0.0493 e. The van der Waals surface area contributed by atoms with Crippen molar-refractivity contribution < 1.29 is 0 Å². The molecule has 26 heavy (non-hydrogen) atoms. The van der Waals surface area contributed by atoms with Gasteiger partial charge in [-0.05, 0) is 39.8 Å². The Balaban J connectivity index is 0.000000533. The average Bonchev–Trinajstić information content (AvgIpc) is 3.05. The van der Waals surface area contributed by atoms with E-state index < -0.39 is 0 Å². The van der Waals surface area contributed by atoms with Gasteiger partial charge >= 0.3 is 0 Å². The lowest BCUT2D eigenvalue weighted by atomic mass is 10.2. The monoisotopic (exact) mass is 351 g/mol. The van der Waals surface area contributed by atoms with E-state index >= 15 is 0 Å². The molecule has 0 unspecified atom stereocenters. The van der Waals surface area contributed by atoms with Crippen molar-refractivity contribution in [2.45, 2.75) is 61.4 Å². The number of allylic oxidation sites excluding steroid dienone is 4. The van der Waals surface area contributed by atoms with Crippen molar-refractivity contribution in [2.75, 3.05) is 0 Å². The van der Waals surface area contributed by atoms with Crippen LogP contribution in [0, 0.1) is 0 Å². The van der Waals surface area contributed by atoms with Gasteiger partial charge in [0.05, 0.1) is 0 Å². The maximum Gasteiger partial charge on any atom is 0.0493 e. The van der Waals surface area contributed by atoms with Crippen LogP contribution in [0.15, 0.2) is 72.8 Å². The molecular formula is C25H37N. The lowest BCUT2D eigenvalue weighted by Gasteiger charge is -2.10. The van der Waals surface area contributed by atoms with E-state index in [0.717, 1.165) is 0 Å². The standard InChI is InChI=1S/C15H15N.C6H10.2C2H6/c1-11(2)16-14-9-5-3-7-12(14)13-8-4-6-10-15(13)16;1-3-5-6-4-2;2*1-2/h3-11H,1-2H3;3-6H,1-2H3;2*1-2H3/b;5-3-,6-4-;;. The summed E-state index contributed by atoms with van der Waals surface area (Å²) in [7, 11) is 0. The van der Waals surface area contributed by atoms with Gasteiger partial charge in [-0.3, -0.25) is 0 Å². The van der Waals surface area contributed by atoms with E-state index in [0.29, 0.717) is 6.04 Å². The Bertz CT molecular complexity index is 725. The fraction of sp³-hybridized carbons (Fsp3) is 0.360. The number of aromatic nitrogens is 1. The van der Waals surface area contributed by atoms with Gasteiger partial charge in [-0.25, -0.2) is 0 Å². The van der Waals surface area contributed by atoms with E-state index in [1.165, 1.54) is 21.8 Å². The predicted octanol–water partition coefficient (Wildman–Crippen LogP) is 8.57. The van der Waals surface area contributed by atoms with Gasteiger partial charge < -0.3 is 4.57 Å².